The van der Waals surface area contributed by atoms with Crippen LogP contribution in [-0.2, 0) is 13.0 Å². The summed E-state index contributed by atoms with van der Waals surface area (Å²) in [5, 5.41) is 13.0. The predicted molar refractivity (Wildman–Crippen MR) is 113 cm³/mol. The molecule has 5 nitrogen and oxygen atoms in total. The zero-order valence-electron chi connectivity index (χ0n) is 14.8. The van der Waals surface area contributed by atoms with Gasteiger partial charge in [0, 0.05) is 45.1 Å². The SMILES string of the molecule is CN(C)C(=NCc1ccccc1)NCC(CO)Cc1ccccn1.I. The van der Waals surface area contributed by atoms with Gasteiger partial charge in [0.1, 0.15) is 0 Å². The number of aliphatic hydroxyl groups is 1. The summed E-state index contributed by atoms with van der Waals surface area (Å²) in [4.78, 5) is 10.9. The van der Waals surface area contributed by atoms with E-state index in [-0.39, 0.29) is 36.5 Å². The lowest BCUT2D eigenvalue weighted by atomic mass is 10.0. The van der Waals surface area contributed by atoms with Crippen LogP contribution in [-0.4, -0.2) is 48.2 Å². The van der Waals surface area contributed by atoms with Crippen molar-refractivity contribution in [3.8, 4) is 0 Å². The van der Waals surface area contributed by atoms with E-state index in [1.165, 1.54) is 5.56 Å². The lowest BCUT2D eigenvalue weighted by Crippen LogP contribution is -2.40. The maximum absolute atomic E-state index is 9.63. The second-order valence-corrected chi connectivity index (χ2v) is 5.97. The molecule has 0 bridgehead atoms. The van der Waals surface area contributed by atoms with Crippen LogP contribution < -0.4 is 5.32 Å². The molecule has 1 unspecified atom stereocenters. The summed E-state index contributed by atoms with van der Waals surface area (Å²) in [6.45, 7) is 1.40. The molecule has 0 spiro atoms. The zero-order chi connectivity index (χ0) is 17.2. The van der Waals surface area contributed by atoms with E-state index in [1.807, 2.05) is 55.4 Å². The normalized spacial score (nSPS) is 12.2. The Balaban J connectivity index is 0.00000312. The average Bonchev–Trinajstić information content (AvgIpc) is 2.62. The monoisotopic (exact) mass is 454 g/mol. The Hall–Kier alpha value is -1.67. The number of halogens is 1. The van der Waals surface area contributed by atoms with Gasteiger partial charge in [0.2, 0.25) is 0 Å². The first-order valence-corrected chi connectivity index (χ1v) is 8.19. The standard InChI is InChI=1S/C19H26N4O.HI/c1-23(2)19(21-13-16-8-4-3-5-9-16)22-14-17(15-24)12-18-10-6-7-11-20-18;/h3-11,17,24H,12-15H2,1-2H3,(H,21,22);1H. The molecule has 0 saturated heterocycles. The molecule has 2 N–H and O–H groups in total. The Kier molecular flexibility index (Phi) is 10.1. The number of hydrogen-bond donors (Lipinski definition) is 2. The Bertz CT molecular complexity index is 620. The fourth-order valence-corrected chi connectivity index (χ4v) is 2.36. The van der Waals surface area contributed by atoms with E-state index in [1.54, 1.807) is 6.20 Å². The van der Waals surface area contributed by atoms with Gasteiger partial charge in [-0.25, -0.2) is 4.99 Å². The molecule has 2 aromatic rings. The van der Waals surface area contributed by atoms with Gasteiger partial charge in [-0.1, -0.05) is 36.4 Å². The Morgan fingerprint density at radius 2 is 1.88 bits per heavy atom. The van der Waals surface area contributed by atoms with E-state index >= 15 is 0 Å². The van der Waals surface area contributed by atoms with E-state index in [0.717, 1.165) is 18.1 Å². The molecule has 1 aromatic carbocycles. The van der Waals surface area contributed by atoms with Crippen LogP contribution in [0.1, 0.15) is 11.3 Å². The molecule has 0 radical (unpaired) electrons. The number of hydrogen-bond acceptors (Lipinski definition) is 3. The molecule has 0 amide bonds. The first kappa shape index (κ1) is 21.4. The molecule has 2 rings (SSSR count). The minimum atomic E-state index is 0. The van der Waals surface area contributed by atoms with Crippen molar-refractivity contribution in [1.82, 2.24) is 15.2 Å². The van der Waals surface area contributed by atoms with Gasteiger partial charge in [-0.15, -0.1) is 24.0 Å². The lowest BCUT2D eigenvalue weighted by Gasteiger charge is -2.21. The van der Waals surface area contributed by atoms with Crippen LogP contribution in [0.5, 0.6) is 0 Å². The number of nitrogens with zero attached hydrogens (tertiary/aromatic N) is 3. The van der Waals surface area contributed by atoms with Crippen molar-refractivity contribution in [2.24, 2.45) is 10.9 Å². The lowest BCUT2D eigenvalue weighted by molar-refractivity contribution is 0.224. The van der Waals surface area contributed by atoms with E-state index in [0.29, 0.717) is 13.1 Å². The largest absolute Gasteiger partial charge is 0.396 e. The van der Waals surface area contributed by atoms with Gasteiger partial charge in [0.15, 0.2) is 5.96 Å². The number of pyridine rings is 1. The van der Waals surface area contributed by atoms with Gasteiger partial charge in [0.05, 0.1) is 6.54 Å². The molecule has 0 aliphatic carbocycles. The first-order valence-electron chi connectivity index (χ1n) is 8.19. The molecule has 0 fully saturated rings. The molecule has 1 aromatic heterocycles. The van der Waals surface area contributed by atoms with Crippen LogP contribution in [0.15, 0.2) is 59.7 Å². The summed E-state index contributed by atoms with van der Waals surface area (Å²) in [5.41, 5.74) is 2.16. The van der Waals surface area contributed by atoms with Gasteiger partial charge in [0.25, 0.3) is 0 Å². The molecule has 136 valence electrons. The van der Waals surface area contributed by atoms with Crippen molar-refractivity contribution in [2.45, 2.75) is 13.0 Å². The fraction of sp³-hybridized carbons (Fsp3) is 0.368. The van der Waals surface area contributed by atoms with Gasteiger partial charge < -0.3 is 15.3 Å². The van der Waals surface area contributed by atoms with Crippen LogP contribution in [0, 0.1) is 5.92 Å². The van der Waals surface area contributed by atoms with Crippen LogP contribution >= 0.6 is 24.0 Å². The van der Waals surface area contributed by atoms with Crippen molar-refractivity contribution < 1.29 is 5.11 Å². The number of aromatic nitrogens is 1. The van der Waals surface area contributed by atoms with Crippen molar-refractivity contribution in [1.29, 1.82) is 0 Å². The highest BCUT2D eigenvalue weighted by Crippen LogP contribution is 2.05. The molecular formula is C19H27IN4O. The fourth-order valence-electron chi connectivity index (χ4n) is 2.36. The van der Waals surface area contributed by atoms with Crippen LogP contribution in [0.3, 0.4) is 0 Å². The Morgan fingerprint density at radius 3 is 2.48 bits per heavy atom. The molecule has 0 aliphatic rings. The maximum atomic E-state index is 9.63. The number of nitrogens with one attached hydrogen (secondary N) is 1. The number of aliphatic hydroxyl groups excluding tert-OH is 1. The minimum Gasteiger partial charge on any atom is -0.396 e. The third-order valence-corrected chi connectivity index (χ3v) is 3.71. The predicted octanol–water partition coefficient (Wildman–Crippen LogP) is 2.56. The first-order chi connectivity index (χ1) is 11.7. The molecular weight excluding hydrogens is 427 g/mol. The third-order valence-electron chi connectivity index (χ3n) is 3.71. The molecule has 1 atom stereocenters. The average molecular weight is 454 g/mol. The van der Waals surface area contributed by atoms with Crippen molar-refractivity contribution in [3.63, 3.8) is 0 Å². The number of guanidine groups is 1. The highest BCUT2D eigenvalue weighted by molar-refractivity contribution is 14.0. The van der Waals surface area contributed by atoms with Crippen LogP contribution in [0.25, 0.3) is 0 Å². The van der Waals surface area contributed by atoms with E-state index in [2.05, 4.69) is 27.4 Å². The summed E-state index contributed by atoms with van der Waals surface area (Å²) in [6, 6.07) is 16.0. The van der Waals surface area contributed by atoms with Crippen molar-refractivity contribution >= 4 is 29.9 Å². The number of rotatable bonds is 7. The van der Waals surface area contributed by atoms with Crippen LogP contribution in [0.2, 0.25) is 0 Å². The van der Waals surface area contributed by atoms with Crippen molar-refractivity contribution in [3.05, 3.63) is 66.0 Å². The van der Waals surface area contributed by atoms with Gasteiger partial charge in [-0.05, 0) is 24.1 Å². The summed E-state index contributed by atoms with van der Waals surface area (Å²) >= 11 is 0. The highest BCUT2D eigenvalue weighted by atomic mass is 127. The quantitative estimate of drug-likeness (QED) is 0.384. The summed E-state index contributed by atoms with van der Waals surface area (Å²) in [5.74, 6) is 0.917. The van der Waals surface area contributed by atoms with Crippen molar-refractivity contribution in [2.75, 3.05) is 27.2 Å². The van der Waals surface area contributed by atoms with Gasteiger partial charge >= 0.3 is 0 Å². The van der Waals surface area contributed by atoms with Gasteiger partial charge in [-0.3, -0.25) is 4.98 Å². The summed E-state index contributed by atoms with van der Waals surface area (Å²) < 4.78 is 0. The Labute approximate surface area is 167 Å². The highest BCUT2D eigenvalue weighted by Gasteiger charge is 2.11. The topological polar surface area (TPSA) is 60.8 Å². The second-order valence-electron chi connectivity index (χ2n) is 5.97. The molecule has 1 heterocycles. The third kappa shape index (κ3) is 7.83. The summed E-state index contributed by atoms with van der Waals surface area (Å²) in [6.07, 6.45) is 2.52. The smallest absolute Gasteiger partial charge is 0.193 e. The second kappa shape index (κ2) is 11.8. The molecule has 0 aliphatic heterocycles. The van der Waals surface area contributed by atoms with E-state index in [9.17, 15) is 5.11 Å². The number of benzene rings is 1. The van der Waals surface area contributed by atoms with E-state index in [4.69, 9.17) is 0 Å². The van der Waals surface area contributed by atoms with E-state index < -0.39 is 0 Å². The molecule has 6 heteroatoms. The molecule has 0 saturated carbocycles. The maximum Gasteiger partial charge on any atom is 0.193 e. The molecule has 25 heavy (non-hydrogen) atoms. The summed E-state index contributed by atoms with van der Waals surface area (Å²) in [7, 11) is 3.92. The minimum absolute atomic E-state index is 0. The van der Waals surface area contributed by atoms with Crippen LogP contribution in [0.4, 0.5) is 0 Å². The van der Waals surface area contributed by atoms with Gasteiger partial charge in [-0.2, -0.15) is 0 Å². The number of aliphatic imine (C=N–C) groups is 1. The Morgan fingerprint density at radius 1 is 1.16 bits per heavy atom. The zero-order valence-corrected chi connectivity index (χ0v) is 17.1.